The predicted molar refractivity (Wildman–Crippen MR) is 130 cm³/mol. The zero-order valence-corrected chi connectivity index (χ0v) is 19.1. The highest BCUT2D eigenvalue weighted by Crippen LogP contribution is 2.32. The number of hydrogen-bond acceptors (Lipinski definition) is 8. The van der Waals surface area contributed by atoms with Gasteiger partial charge in [0, 0.05) is 25.0 Å². The third-order valence-corrected chi connectivity index (χ3v) is 5.51. The normalized spacial score (nSPS) is 15.8. The van der Waals surface area contributed by atoms with Crippen LogP contribution in [0.15, 0.2) is 47.7 Å². The fourth-order valence-electron chi connectivity index (χ4n) is 3.59. The van der Waals surface area contributed by atoms with Gasteiger partial charge in [-0.05, 0) is 25.1 Å². The SMILES string of the molecule is COc1c(Nc2ccc(C)cc2)nc(N2CCOCC2)nc1C(=N)/C=C(\C=N)C1=CC=[N+]1C. The maximum absolute atomic E-state index is 8.80. The van der Waals surface area contributed by atoms with Gasteiger partial charge in [0.2, 0.25) is 11.6 Å². The van der Waals surface area contributed by atoms with Gasteiger partial charge in [0.15, 0.2) is 17.8 Å². The van der Waals surface area contributed by atoms with E-state index in [0.29, 0.717) is 55.1 Å². The van der Waals surface area contributed by atoms with Gasteiger partial charge in [-0.1, -0.05) is 17.7 Å². The van der Waals surface area contributed by atoms with Crippen molar-refractivity contribution in [3.05, 3.63) is 58.9 Å². The molecule has 2 aromatic rings. The molecule has 3 N–H and O–H groups in total. The van der Waals surface area contributed by atoms with Gasteiger partial charge >= 0.3 is 0 Å². The minimum absolute atomic E-state index is 0.135. The van der Waals surface area contributed by atoms with Crippen LogP contribution < -0.4 is 15.0 Å². The van der Waals surface area contributed by atoms with Crippen LogP contribution in [0, 0.1) is 17.7 Å². The highest BCUT2D eigenvalue weighted by atomic mass is 16.5. The van der Waals surface area contributed by atoms with E-state index in [2.05, 4.69) is 5.32 Å². The number of methoxy groups -OCH3 is 1. The molecule has 9 heteroatoms. The number of nitrogens with one attached hydrogen (secondary N) is 3. The van der Waals surface area contributed by atoms with Crippen molar-refractivity contribution in [2.45, 2.75) is 6.92 Å². The second-order valence-corrected chi connectivity index (χ2v) is 7.81. The van der Waals surface area contributed by atoms with E-state index >= 15 is 0 Å². The molecule has 0 amide bonds. The number of anilines is 3. The van der Waals surface area contributed by atoms with Crippen molar-refractivity contribution in [2.24, 2.45) is 0 Å². The first-order chi connectivity index (χ1) is 16.0. The average molecular weight is 447 g/mol. The topological polar surface area (TPSA) is 110 Å². The third-order valence-electron chi connectivity index (χ3n) is 5.51. The molecular formula is C24H28N7O2+. The molecule has 0 bridgehead atoms. The van der Waals surface area contributed by atoms with Gasteiger partial charge in [0.1, 0.15) is 12.7 Å². The second kappa shape index (κ2) is 9.74. The van der Waals surface area contributed by atoms with Crippen molar-refractivity contribution >= 4 is 35.6 Å². The third kappa shape index (κ3) is 4.83. The second-order valence-electron chi connectivity index (χ2n) is 7.81. The Balaban J connectivity index is 1.77. The number of allylic oxidation sites excluding steroid dienone is 3. The first-order valence-electron chi connectivity index (χ1n) is 10.7. The lowest BCUT2D eigenvalue weighted by molar-refractivity contribution is -0.444. The summed E-state index contributed by atoms with van der Waals surface area (Å²) in [6, 6.07) is 7.97. The van der Waals surface area contributed by atoms with E-state index in [1.807, 2.05) is 60.0 Å². The molecule has 3 heterocycles. The van der Waals surface area contributed by atoms with Crippen LogP contribution in [0.1, 0.15) is 11.3 Å². The summed E-state index contributed by atoms with van der Waals surface area (Å²) in [5.41, 5.74) is 3.99. The molecule has 33 heavy (non-hydrogen) atoms. The number of aryl methyl sites for hydroxylation is 1. The number of likely N-dealkylation sites (N-methyl/N-ethyl adjacent to an activating group) is 1. The summed E-state index contributed by atoms with van der Waals surface area (Å²) in [6.45, 7) is 4.55. The van der Waals surface area contributed by atoms with Crippen molar-refractivity contribution in [3.63, 3.8) is 0 Å². The monoisotopic (exact) mass is 446 g/mol. The average Bonchev–Trinajstić information content (AvgIpc) is 2.84. The Morgan fingerprint density at radius 2 is 1.94 bits per heavy atom. The molecule has 0 spiro atoms. The quantitative estimate of drug-likeness (QED) is 0.425. The number of benzene rings is 1. The molecule has 1 aromatic heterocycles. The van der Waals surface area contributed by atoms with Crippen LogP contribution in [-0.2, 0) is 4.74 Å². The molecular weight excluding hydrogens is 418 g/mol. The van der Waals surface area contributed by atoms with Crippen molar-refractivity contribution in [1.82, 2.24) is 9.97 Å². The summed E-state index contributed by atoms with van der Waals surface area (Å²) >= 11 is 0. The van der Waals surface area contributed by atoms with Crippen molar-refractivity contribution < 1.29 is 14.0 Å². The molecule has 170 valence electrons. The van der Waals surface area contributed by atoms with E-state index < -0.39 is 0 Å². The number of ether oxygens (including phenoxy) is 2. The van der Waals surface area contributed by atoms with Crippen LogP contribution in [0.4, 0.5) is 17.5 Å². The number of hydrogen-bond donors (Lipinski definition) is 3. The Morgan fingerprint density at radius 1 is 1.21 bits per heavy atom. The van der Waals surface area contributed by atoms with E-state index in [9.17, 15) is 0 Å². The van der Waals surface area contributed by atoms with E-state index in [-0.39, 0.29) is 5.71 Å². The van der Waals surface area contributed by atoms with Gasteiger partial charge in [-0.15, -0.1) is 0 Å². The summed E-state index contributed by atoms with van der Waals surface area (Å²) in [4.78, 5) is 11.5. The predicted octanol–water partition coefficient (Wildman–Crippen LogP) is 2.93. The first kappa shape index (κ1) is 22.3. The highest BCUT2D eigenvalue weighted by Gasteiger charge is 2.25. The summed E-state index contributed by atoms with van der Waals surface area (Å²) in [5.74, 6) is 1.36. The maximum atomic E-state index is 8.80. The van der Waals surface area contributed by atoms with Crippen LogP contribution in [0.3, 0.4) is 0 Å². The van der Waals surface area contributed by atoms with Crippen LogP contribution in [0.25, 0.3) is 0 Å². The Hall–Kier alpha value is -3.85. The highest BCUT2D eigenvalue weighted by molar-refractivity contribution is 6.11. The van der Waals surface area contributed by atoms with Crippen molar-refractivity contribution in [3.8, 4) is 5.75 Å². The van der Waals surface area contributed by atoms with E-state index in [0.717, 1.165) is 16.9 Å². The van der Waals surface area contributed by atoms with Gasteiger partial charge in [-0.3, -0.25) is 5.41 Å². The lowest BCUT2D eigenvalue weighted by Crippen LogP contribution is -2.37. The molecule has 0 atom stereocenters. The molecule has 1 saturated heterocycles. The molecule has 0 aliphatic carbocycles. The lowest BCUT2D eigenvalue weighted by Gasteiger charge is -2.28. The zero-order chi connectivity index (χ0) is 23.4. The van der Waals surface area contributed by atoms with E-state index in [4.69, 9.17) is 30.3 Å². The van der Waals surface area contributed by atoms with Crippen LogP contribution in [-0.4, -0.2) is 73.1 Å². The Labute approximate surface area is 193 Å². The standard InChI is InChI=1S/C24H28N7O2/c1-16-4-6-18(7-5-16)27-23-22(32-3)21(28-24(29-23)31-10-12-33-13-11-31)19(26)14-17(15-25)20-8-9-30(20)2/h4-9,14-15,25-26H,10-13H2,1-3H3,(H,27,28,29)/q+1/b17-14+,25-15?,26-19?. The fraction of sp³-hybridized carbons (Fsp3) is 0.292. The molecule has 1 aromatic carbocycles. The van der Waals surface area contributed by atoms with E-state index in [1.54, 1.807) is 13.2 Å². The van der Waals surface area contributed by atoms with Crippen LogP contribution in [0.5, 0.6) is 5.75 Å². The molecule has 2 aliphatic heterocycles. The van der Waals surface area contributed by atoms with Crippen LogP contribution in [0.2, 0.25) is 0 Å². The molecule has 1 fully saturated rings. The first-order valence-corrected chi connectivity index (χ1v) is 10.7. The van der Waals surface area contributed by atoms with Gasteiger partial charge in [-0.2, -0.15) is 4.98 Å². The Morgan fingerprint density at radius 3 is 2.52 bits per heavy atom. The largest absolute Gasteiger partial charge is 0.491 e. The zero-order valence-electron chi connectivity index (χ0n) is 19.1. The Kier molecular flexibility index (Phi) is 6.60. The Bertz CT molecular complexity index is 1160. The maximum Gasteiger partial charge on any atom is 0.228 e. The summed E-state index contributed by atoms with van der Waals surface area (Å²) in [5, 5.41) is 19.9. The number of rotatable bonds is 8. The smallest absolute Gasteiger partial charge is 0.228 e. The minimum Gasteiger partial charge on any atom is -0.491 e. The summed E-state index contributed by atoms with van der Waals surface area (Å²) in [7, 11) is 3.45. The number of aromatic nitrogens is 2. The van der Waals surface area contributed by atoms with Crippen LogP contribution >= 0.6 is 0 Å². The summed E-state index contributed by atoms with van der Waals surface area (Å²) < 4.78 is 13.1. The molecule has 0 unspecified atom stereocenters. The molecule has 0 saturated carbocycles. The summed E-state index contributed by atoms with van der Waals surface area (Å²) in [6.07, 6.45) is 6.68. The fourth-order valence-corrected chi connectivity index (χ4v) is 3.59. The molecule has 0 radical (unpaired) electrons. The number of nitrogens with zero attached hydrogens (tertiary/aromatic N) is 4. The van der Waals surface area contributed by atoms with Gasteiger partial charge < -0.3 is 25.1 Å². The minimum atomic E-state index is 0.135. The molecule has 4 rings (SSSR count). The molecule has 9 nitrogen and oxygen atoms in total. The number of morpholine rings is 1. The van der Waals surface area contributed by atoms with Crippen molar-refractivity contribution in [2.75, 3.05) is 50.7 Å². The van der Waals surface area contributed by atoms with Gasteiger partial charge in [-0.25, -0.2) is 9.56 Å². The van der Waals surface area contributed by atoms with E-state index in [1.165, 1.54) is 6.21 Å². The van der Waals surface area contributed by atoms with Gasteiger partial charge in [0.25, 0.3) is 0 Å². The van der Waals surface area contributed by atoms with Crippen molar-refractivity contribution in [1.29, 1.82) is 10.8 Å². The lowest BCUT2D eigenvalue weighted by atomic mass is 10.1. The van der Waals surface area contributed by atoms with Gasteiger partial charge in [0.05, 0.1) is 37.7 Å². The molecule has 2 aliphatic rings.